The summed E-state index contributed by atoms with van der Waals surface area (Å²) in [6.45, 7) is 2.04. The molecule has 96 valence electrons. The predicted molar refractivity (Wildman–Crippen MR) is 74.0 cm³/mol. The summed E-state index contributed by atoms with van der Waals surface area (Å²) in [6.07, 6.45) is 2.30. The van der Waals surface area contributed by atoms with Crippen molar-refractivity contribution in [2.45, 2.75) is 18.9 Å². The second-order valence-corrected chi connectivity index (χ2v) is 5.46. The molecule has 2 aromatic rings. The Morgan fingerprint density at radius 1 is 1.44 bits per heavy atom. The van der Waals surface area contributed by atoms with Crippen molar-refractivity contribution in [3.63, 3.8) is 0 Å². The first-order valence-corrected chi connectivity index (χ1v) is 7.13. The minimum Gasteiger partial charge on any atom is -0.339 e. The zero-order chi connectivity index (χ0) is 12.4. The highest BCUT2D eigenvalue weighted by Crippen LogP contribution is 2.23. The van der Waals surface area contributed by atoms with Gasteiger partial charge in [-0.3, -0.25) is 5.10 Å². The van der Waals surface area contributed by atoms with Gasteiger partial charge in [-0.25, -0.2) is 0 Å². The van der Waals surface area contributed by atoms with Gasteiger partial charge in [-0.2, -0.15) is 4.98 Å². The topological polar surface area (TPSA) is 56.8 Å². The number of hydrogen-bond acceptors (Lipinski definition) is 5. The zero-order valence-electron chi connectivity index (χ0n) is 10.4. The third kappa shape index (κ3) is 2.26. The van der Waals surface area contributed by atoms with Gasteiger partial charge in [0.25, 0.3) is 0 Å². The van der Waals surface area contributed by atoms with Gasteiger partial charge in [-0.15, -0.1) is 16.4 Å². The second kappa shape index (κ2) is 5.07. The van der Waals surface area contributed by atoms with Crippen molar-refractivity contribution in [3.05, 3.63) is 17.5 Å². The highest BCUT2D eigenvalue weighted by Gasteiger charge is 2.20. The van der Waals surface area contributed by atoms with Gasteiger partial charge >= 0.3 is 0 Å². The molecular formula is C12H17N5S. The van der Waals surface area contributed by atoms with Gasteiger partial charge in [0, 0.05) is 19.1 Å². The minimum atomic E-state index is 0.636. The van der Waals surface area contributed by atoms with E-state index in [4.69, 9.17) is 0 Å². The average molecular weight is 263 g/mol. The monoisotopic (exact) mass is 263 g/mol. The van der Waals surface area contributed by atoms with Gasteiger partial charge in [0.05, 0.1) is 4.88 Å². The normalized spacial score (nSPS) is 17.3. The Bertz CT molecular complexity index is 484. The first-order chi connectivity index (χ1) is 8.86. The Morgan fingerprint density at radius 2 is 2.28 bits per heavy atom. The number of rotatable bonds is 3. The third-order valence-electron chi connectivity index (χ3n) is 3.41. The lowest BCUT2D eigenvalue weighted by Gasteiger charge is -2.30. The van der Waals surface area contributed by atoms with E-state index in [0.717, 1.165) is 42.6 Å². The Morgan fingerprint density at radius 3 is 2.94 bits per heavy atom. The molecule has 0 amide bonds. The maximum atomic E-state index is 4.58. The van der Waals surface area contributed by atoms with Crippen LogP contribution in [0.15, 0.2) is 17.5 Å². The molecular weight excluding hydrogens is 246 g/mol. The Labute approximate surface area is 110 Å². The number of thiophene rings is 1. The molecule has 0 atom stereocenters. The highest BCUT2D eigenvalue weighted by molar-refractivity contribution is 7.13. The van der Waals surface area contributed by atoms with E-state index in [-0.39, 0.29) is 0 Å². The molecule has 1 saturated heterocycles. The summed E-state index contributed by atoms with van der Waals surface area (Å²) in [7, 11) is 2.03. The summed E-state index contributed by atoms with van der Waals surface area (Å²) < 4.78 is 0. The molecule has 0 radical (unpaired) electrons. The van der Waals surface area contributed by atoms with Gasteiger partial charge in [-0.05, 0) is 31.3 Å². The van der Waals surface area contributed by atoms with Crippen LogP contribution < -0.4 is 10.2 Å². The van der Waals surface area contributed by atoms with Crippen LogP contribution >= 0.6 is 11.3 Å². The predicted octanol–water partition coefficient (Wildman–Crippen LogP) is 1.72. The molecule has 0 aromatic carbocycles. The SMILES string of the molecule is CNC1CCN(c2n[nH]c(-c3cccs3)n2)CC1. The van der Waals surface area contributed by atoms with E-state index in [2.05, 4.69) is 36.8 Å². The highest BCUT2D eigenvalue weighted by atomic mass is 32.1. The van der Waals surface area contributed by atoms with Gasteiger partial charge in [0.2, 0.25) is 5.95 Å². The van der Waals surface area contributed by atoms with Crippen molar-refractivity contribution in [1.29, 1.82) is 0 Å². The number of nitrogens with zero attached hydrogens (tertiary/aromatic N) is 3. The van der Waals surface area contributed by atoms with Crippen LogP contribution in [0.3, 0.4) is 0 Å². The number of aromatic nitrogens is 3. The van der Waals surface area contributed by atoms with E-state index >= 15 is 0 Å². The number of aromatic amines is 1. The molecule has 6 heteroatoms. The smallest absolute Gasteiger partial charge is 0.245 e. The molecule has 5 nitrogen and oxygen atoms in total. The molecule has 0 bridgehead atoms. The van der Waals surface area contributed by atoms with Crippen molar-refractivity contribution < 1.29 is 0 Å². The standard InChI is InChI=1S/C12H17N5S/c1-13-9-4-6-17(7-5-9)12-14-11(15-16-12)10-3-2-8-18-10/h2-3,8-9,13H,4-7H2,1H3,(H,14,15,16). The summed E-state index contributed by atoms with van der Waals surface area (Å²) in [5.74, 6) is 1.70. The van der Waals surface area contributed by atoms with Gasteiger partial charge in [0.1, 0.15) is 0 Å². The first kappa shape index (κ1) is 11.7. The molecule has 3 rings (SSSR count). The second-order valence-electron chi connectivity index (χ2n) is 4.51. The van der Waals surface area contributed by atoms with E-state index < -0.39 is 0 Å². The average Bonchev–Trinajstić information content (AvgIpc) is 3.09. The fourth-order valence-electron chi connectivity index (χ4n) is 2.29. The molecule has 18 heavy (non-hydrogen) atoms. The van der Waals surface area contributed by atoms with Crippen LogP contribution in [0.5, 0.6) is 0 Å². The van der Waals surface area contributed by atoms with Gasteiger partial charge < -0.3 is 10.2 Å². The number of anilines is 1. The van der Waals surface area contributed by atoms with E-state index in [1.165, 1.54) is 0 Å². The summed E-state index contributed by atoms with van der Waals surface area (Å²) in [5, 5.41) is 12.7. The summed E-state index contributed by atoms with van der Waals surface area (Å²) >= 11 is 1.68. The van der Waals surface area contributed by atoms with Crippen molar-refractivity contribution in [3.8, 4) is 10.7 Å². The van der Waals surface area contributed by atoms with Crippen molar-refractivity contribution in [2.75, 3.05) is 25.0 Å². The van der Waals surface area contributed by atoms with Crippen molar-refractivity contribution >= 4 is 17.3 Å². The quantitative estimate of drug-likeness (QED) is 0.885. The van der Waals surface area contributed by atoms with Crippen molar-refractivity contribution in [2.24, 2.45) is 0 Å². The molecule has 1 aliphatic heterocycles. The Hall–Kier alpha value is -1.40. The Balaban J connectivity index is 1.71. The van der Waals surface area contributed by atoms with Crippen LogP contribution in [-0.4, -0.2) is 41.4 Å². The molecule has 0 spiro atoms. The number of piperidine rings is 1. The first-order valence-electron chi connectivity index (χ1n) is 6.25. The number of hydrogen-bond donors (Lipinski definition) is 2. The van der Waals surface area contributed by atoms with Crippen molar-refractivity contribution in [1.82, 2.24) is 20.5 Å². The lowest BCUT2D eigenvalue weighted by Crippen LogP contribution is -2.41. The van der Waals surface area contributed by atoms with Gasteiger partial charge in [-0.1, -0.05) is 6.07 Å². The number of H-pyrrole nitrogens is 1. The molecule has 0 aliphatic carbocycles. The molecule has 1 aliphatic rings. The summed E-state index contributed by atoms with van der Waals surface area (Å²) in [5.41, 5.74) is 0. The van der Waals surface area contributed by atoms with E-state index in [0.29, 0.717) is 6.04 Å². The van der Waals surface area contributed by atoms with E-state index in [9.17, 15) is 0 Å². The molecule has 0 saturated carbocycles. The molecule has 0 unspecified atom stereocenters. The third-order valence-corrected chi connectivity index (χ3v) is 4.29. The van der Waals surface area contributed by atoms with Gasteiger partial charge in [0.15, 0.2) is 5.82 Å². The maximum Gasteiger partial charge on any atom is 0.245 e. The Kier molecular flexibility index (Phi) is 3.29. The van der Waals surface area contributed by atoms with Crippen LogP contribution in [0.25, 0.3) is 10.7 Å². The van der Waals surface area contributed by atoms with E-state index in [1.807, 2.05) is 13.1 Å². The van der Waals surface area contributed by atoms with Crippen LogP contribution in [0.1, 0.15) is 12.8 Å². The largest absolute Gasteiger partial charge is 0.339 e. The lowest BCUT2D eigenvalue weighted by atomic mass is 10.1. The molecule has 2 N–H and O–H groups in total. The minimum absolute atomic E-state index is 0.636. The zero-order valence-corrected chi connectivity index (χ0v) is 11.2. The maximum absolute atomic E-state index is 4.58. The van der Waals surface area contributed by atoms with E-state index in [1.54, 1.807) is 11.3 Å². The molecule has 2 aromatic heterocycles. The molecule has 3 heterocycles. The molecule has 1 fully saturated rings. The summed E-state index contributed by atoms with van der Waals surface area (Å²) in [4.78, 5) is 7.97. The fraction of sp³-hybridized carbons (Fsp3) is 0.500. The summed E-state index contributed by atoms with van der Waals surface area (Å²) in [6, 6.07) is 4.72. The van der Waals surface area contributed by atoms with Crippen LogP contribution in [0.4, 0.5) is 5.95 Å². The van der Waals surface area contributed by atoms with Crippen LogP contribution in [0.2, 0.25) is 0 Å². The lowest BCUT2D eigenvalue weighted by molar-refractivity contribution is 0.439. The fourth-order valence-corrected chi connectivity index (χ4v) is 2.95. The van der Waals surface area contributed by atoms with Crippen LogP contribution in [-0.2, 0) is 0 Å². The van der Waals surface area contributed by atoms with Crippen LogP contribution in [0, 0.1) is 0 Å². The number of nitrogens with one attached hydrogen (secondary N) is 2.